The fourth-order valence-corrected chi connectivity index (χ4v) is 4.27. The summed E-state index contributed by atoms with van der Waals surface area (Å²) in [6, 6.07) is 6.53. The summed E-state index contributed by atoms with van der Waals surface area (Å²) in [6.45, 7) is 5.53. The molecule has 0 aromatic heterocycles. The van der Waals surface area contributed by atoms with E-state index in [2.05, 4.69) is 34.3 Å². The number of rotatable bonds is 8. The second kappa shape index (κ2) is 10.4. The van der Waals surface area contributed by atoms with Gasteiger partial charge >= 0.3 is 0 Å². The van der Waals surface area contributed by atoms with E-state index < -0.39 is 0 Å². The van der Waals surface area contributed by atoms with Gasteiger partial charge in [0.1, 0.15) is 0 Å². The molecule has 1 saturated carbocycles. The van der Waals surface area contributed by atoms with Crippen LogP contribution in [0.1, 0.15) is 38.7 Å². The minimum absolute atomic E-state index is 0.519. The van der Waals surface area contributed by atoms with Gasteiger partial charge in [-0.2, -0.15) is 11.8 Å². The van der Waals surface area contributed by atoms with Crippen LogP contribution < -0.4 is 20.1 Å². The quantitative estimate of drug-likeness (QED) is 0.546. The third-order valence-corrected chi connectivity index (χ3v) is 5.57. The van der Waals surface area contributed by atoms with E-state index in [4.69, 9.17) is 9.47 Å². The van der Waals surface area contributed by atoms with E-state index >= 15 is 0 Å². The van der Waals surface area contributed by atoms with Crippen molar-refractivity contribution in [2.45, 2.75) is 50.9 Å². The first-order valence-electron chi connectivity index (χ1n) is 9.08. The molecule has 0 spiro atoms. The summed E-state index contributed by atoms with van der Waals surface area (Å²) in [4.78, 5) is 4.36. The second-order valence-corrected chi connectivity index (χ2v) is 7.65. The predicted molar refractivity (Wildman–Crippen MR) is 107 cm³/mol. The highest BCUT2D eigenvalue weighted by Crippen LogP contribution is 2.30. The molecule has 0 bridgehead atoms. The molecule has 1 fully saturated rings. The van der Waals surface area contributed by atoms with Crippen LogP contribution in [0.2, 0.25) is 0 Å². The summed E-state index contributed by atoms with van der Waals surface area (Å²) in [5.41, 5.74) is 1.14. The Morgan fingerprint density at radius 1 is 1.28 bits per heavy atom. The van der Waals surface area contributed by atoms with Crippen LogP contribution in [-0.2, 0) is 6.54 Å². The van der Waals surface area contributed by atoms with Gasteiger partial charge in [0.25, 0.3) is 0 Å². The average Bonchev–Trinajstić information content (AvgIpc) is 3.06. The van der Waals surface area contributed by atoms with Gasteiger partial charge in [-0.25, -0.2) is 0 Å². The normalized spacial score (nSPS) is 20.4. The number of hydrogen-bond acceptors (Lipinski definition) is 4. The largest absolute Gasteiger partial charge is 0.493 e. The van der Waals surface area contributed by atoms with Crippen LogP contribution in [0.25, 0.3) is 0 Å². The van der Waals surface area contributed by atoms with E-state index in [9.17, 15) is 0 Å². The molecule has 0 radical (unpaired) electrons. The van der Waals surface area contributed by atoms with Crippen LogP contribution >= 0.6 is 11.8 Å². The topological polar surface area (TPSA) is 54.9 Å². The number of benzene rings is 1. The fraction of sp³-hybridized carbons (Fsp3) is 0.632. The van der Waals surface area contributed by atoms with Gasteiger partial charge in [-0.1, -0.05) is 13.0 Å². The standard InChI is InChI=1S/C19H31N3O2S/c1-5-24-18-11-14(7-10-17(18)23-4)13-21-19(20-3)22-15-8-9-16(12-15)25-6-2/h7,10-11,15-16H,5-6,8-9,12-13H2,1-4H3,(H2,20,21,22). The number of nitrogens with zero attached hydrogens (tertiary/aromatic N) is 1. The molecule has 2 atom stereocenters. The van der Waals surface area contributed by atoms with Gasteiger partial charge in [0.05, 0.1) is 13.7 Å². The van der Waals surface area contributed by atoms with Gasteiger partial charge < -0.3 is 20.1 Å². The Balaban J connectivity index is 1.87. The van der Waals surface area contributed by atoms with Gasteiger partial charge in [0.15, 0.2) is 17.5 Å². The number of hydrogen-bond donors (Lipinski definition) is 2. The molecule has 5 nitrogen and oxygen atoms in total. The van der Waals surface area contributed by atoms with Crippen LogP contribution in [0, 0.1) is 0 Å². The first-order valence-corrected chi connectivity index (χ1v) is 10.1. The number of thioether (sulfide) groups is 1. The summed E-state index contributed by atoms with van der Waals surface area (Å²) in [6.07, 6.45) is 3.73. The van der Waals surface area contributed by atoms with Crippen molar-refractivity contribution in [3.8, 4) is 11.5 Å². The molecular weight excluding hydrogens is 334 g/mol. The maximum atomic E-state index is 5.64. The van der Waals surface area contributed by atoms with Gasteiger partial charge in [0.2, 0.25) is 0 Å². The highest BCUT2D eigenvalue weighted by atomic mass is 32.2. The minimum atomic E-state index is 0.519. The van der Waals surface area contributed by atoms with Crippen molar-refractivity contribution in [3.05, 3.63) is 23.8 Å². The number of aliphatic imine (C=N–C) groups is 1. The van der Waals surface area contributed by atoms with Gasteiger partial charge in [0, 0.05) is 24.9 Å². The third-order valence-electron chi connectivity index (χ3n) is 4.34. The molecule has 1 aromatic carbocycles. The molecule has 1 aromatic rings. The molecule has 2 unspecified atom stereocenters. The van der Waals surface area contributed by atoms with Gasteiger partial charge in [-0.15, -0.1) is 0 Å². The molecule has 2 rings (SSSR count). The summed E-state index contributed by atoms with van der Waals surface area (Å²) in [5, 5.41) is 7.75. The van der Waals surface area contributed by atoms with Crippen molar-refractivity contribution in [2.24, 2.45) is 4.99 Å². The van der Waals surface area contributed by atoms with Gasteiger partial charge in [-0.05, 0) is 49.6 Å². The highest BCUT2D eigenvalue weighted by molar-refractivity contribution is 7.99. The second-order valence-electron chi connectivity index (χ2n) is 6.08. The lowest BCUT2D eigenvalue weighted by atomic mass is 10.2. The fourth-order valence-electron chi connectivity index (χ4n) is 3.13. The van der Waals surface area contributed by atoms with E-state index in [1.807, 2.05) is 32.2 Å². The monoisotopic (exact) mass is 365 g/mol. The Morgan fingerprint density at radius 3 is 2.80 bits per heavy atom. The Hall–Kier alpha value is -1.56. The maximum Gasteiger partial charge on any atom is 0.191 e. The van der Waals surface area contributed by atoms with Crippen LogP contribution in [0.4, 0.5) is 0 Å². The van der Waals surface area contributed by atoms with Crippen molar-refractivity contribution < 1.29 is 9.47 Å². The zero-order chi connectivity index (χ0) is 18.1. The third kappa shape index (κ3) is 6.03. The number of nitrogens with one attached hydrogen (secondary N) is 2. The van der Waals surface area contributed by atoms with Crippen molar-refractivity contribution in [2.75, 3.05) is 26.5 Å². The van der Waals surface area contributed by atoms with E-state index in [0.717, 1.165) is 28.3 Å². The molecule has 0 aliphatic heterocycles. The van der Waals surface area contributed by atoms with Crippen LogP contribution in [0.15, 0.2) is 23.2 Å². The van der Waals surface area contributed by atoms with E-state index in [-0.39, 0.29) is 0 Å². The Bertz CT molecular complexity index is 566. The van der Waals surface area contributed by atoms with E-state index in [1.165, 1.54) is 25.0 Å². The first kappa shape index (κ1) is 19.8. The van der Waals surface area contributed by atoms with Crippen LogP contribution in [0.3, 0.4) is 0 Å². The molecular formula is C19H31N3O2S. The molecule has 0 amide bonds. The van der Waals surface area contributed by atoms with Crippen LogP contribution in [-0.4, -0.2) is 43.8 Å². The maximum absolute atomic E-state index is 5.64. The zero-order valence-electron chi connectivity index (χ0n) is 15.8. The zero-order valence-corrected chi connectivity index (χ0v) is 16.6. The molecule has 2 N–H and O–H groups in total. The number of ether oxygens (including phenoxy) is 2. The Morgan fingerprint density at radius 2 is 2.12 bits per heavy atom. The average molecular weight is 366 g/mol. The molecule has 0 saturated heterocycles. The summed E-state index contributed by atoms with van der Waals surface area (Å²) in [5.74, 6) is 3.60. The summed E-state index contributed by atoms with van der Waals surface area (Å²) >= 11 is 2.07. The van der Waals surface area contributed by atoms with Crippen molar-refractivity contribution in [1.82, 2.24) is 10.6 Å². The SMILES string of the molecule is CCOc1cc(CNC(=NC)NC2CCC(SCC)C2)ccc1OC. The highest BCUT2D eigenvalue weighted by Gasteiger charge is 2.25. The van der Waals surface area contributed by atoms with E-state index in [1.54, 1.807) is 7.11 Å². The van der Waals surface area contributed by atoms with Gasteiger partial charge in [-0.3, -0.25) is 4.99 Å². The summed E-state index contributed by atoms with van der Waals surface area (Å²) in [7, 11) is 3.48. The van der Waals surface area contributed by atoms with Crippen molar-refractivity contribution in [1.29, 1.82) is 0 Å². The number of guanidine groups is 1. The minimum Gasteiger partial charge on any atom is -0.493 e. The van der Waals surface area contributed by atoms with Crippen molar-refractivity contribution in [3.63, 3.8) is 0 Å². The van der Waals surface area contributed by atoms with E-state index in [0.29, 0.717) is 19.2 Å². The molecule has 140 valence electrons. The molecule has 0 heterocycles. The lowest BCUT2D eigenvalue weighted by Crippen LogP contribution is -2.42. The lowest BCUT2D eigenvalue weighted by molar-refractivity contribution is 0.310. The van der Waals surface area contributed by atoms with Crippen LogP contribution in [0.5, 0.6) is 11.5 Å². The Labute approximate surface area is 156 Å². The van der Waals surface area contributed by atoms with Crippen molar-refractivity contribution >= 4 is 17.7 Å². The molecule has 6 heteroatoms. The summed E-state index contributed by atoms with van der Waals surface area (Å²) < 4.78 is 11.0. The Kier molecular flexibility index (Phi) is 8.25. The first-order chi connectivity index (χ1) is 12.2. The lowest BCUT2D eigenvalue weighted by Gasteiger charge is -2.18. The smallest absolute Gasteiger partial charge is 0.191 e. The molecule has 1 aliphatic carbocycles. The molecule has 1 aliphatic rings. The number of methoxy groups -OCH3 is 1. The predicted octanol–water partition coefficient (Wildman–Crippen LogP) is 3.43. The molecule has 25 heavy (non-hydrogen) atoms.